The summed E-state index contributed by atoms with van der Waals surface area (Å²) < 4.78 is 0. The van der Waals surface area contributed by atoms with Gasteiger partial charge in [-0.15, -0.1) is 0 Å². The molecule has 30 heavy (non-hydrogen) atoms. The Morgan fingerprint density at radius 2 is 1.90 bits per heavy atom. The van der Waals surface area contributed by atoms with Crippen LogP contribution in [-0.2, 0) is 17.9 Å². The first kappa shape index (κ1) is 20.3. The van der Waals surface area contributed by atoms with Gasteiger partial charge in [-0.05, 0) is 60.7 Å². The van der Waals surface area contributed by atoms with Crippen molar-refractivity contribution in [2.75, 3.05) is 11.9 Å². The van der Waals surface area contributed by atoms with Crippen LogP contribution in [0.4, 0.5) is 10.5 Å². The SMILES string of the molecule is CC(C)(O)C(=O)C1CC(c2ccc(NC(=O)N3Cc4ccncc4C3)cc2)=CCN1. The Balaban J connectivity index is 1.38. The molecule has 1 aromatic carbocycles. The molecule has 0 bridgehead atoms. The number of benzene rings is 1. The Labute approximate surface area is 175 Å². The molecule has 3 N–H and O–H groups in total. The maximum atomic E-state index is 12.6. The maximum absolute atomic E-state index is 12.6. The van der Waals surface area contributed by atoms with Gasteiger partial charge in [-0.2, -0.15) is 0 Å². The summed E-state index contributed by atoms with van der Waals surface area (Å²) in [5.74, 6) is -0.209. The molecule has 0 saturated carbocycles. The van der Waals surface area contributed by atoms with Gasteiger partial charge in [0.15, 0.2) is 5.78 Å². The minimum absolute atomic E-state index is 0.143. The van der Waals surface area contributed by atoms with Crippen molar-refractivity contribution in [1.82, 2.24) is 15.2 Å². The number of carbonyl (C=O) groups excluding carboxylic acids is 2. The first-order valence-electron chi connectivity index (χ1n) is 10.1. The second-order valence-electron chi connectivity index (χ2n) is 8.33. The van der Waals surface area contributed by atoms with Crippen molar-refractivity contribution < 1.29 is 14.7 Å². The van der Waals surface area contributed by atoms with E-state index < -0.39 is 11.6 Å². The molecule has 0 fully saturated rings. The van der Waals surface area contributed by atoms with Crippen molar-refractivity contribution in [2.24, 2.45) is 0 Å². The average molecular weight is 406 g/mol. The molecule has 1 aromatic heterocycles. The predicted octanol–water partition coefficient (Wildman–Crippen LogP) is 2.71. The van der Waals surface area contributed by atoms with Crippen LogP contribution < -0.4 is 10.6 Å². The van der Waals surface area contributed by atoms with Crippen molar-refractivity contribution in [3.8, 4) is 0 Å². The predicted molar refractivity (Wildman–Crippen MR) is 115 cm³/mol. The number of Topliss-reactive ketones (excluding diaryl/α,β-unsaturated/α-hetero) is 1. The molecule has 2 aliphatic heterocycles. The summed E-state index contributed by atoms with van der Waals surface area (Å²) in [5.41, 5.74) is 3.62. The van der Waals surface area contributed by atoms with Crippen LogP contribution in [0.3, 0.4) is 0 Å². The van der Waals surface area contributed by atoms with Gasteiger partial charge in [0.2, 0.25) is 0 Å². The number of fused-ring (bicyclic) bond motifs is 1. The molecular formula is C23H26N4O3. The zero-order valence-electron chi connectivity index (χ0n) is 17.2. The first-order valence-corrected chi connectivity index (χ1v) is 10.1. The van der Waals surface area contributed by atoms with E-state index in [-0.39, 0.29) is 11.8 Å². The molecule has 1 atom stereocenters. The highest BCUT2D eigenvalue weighted by molar-refractivity contribution is 5.93. The number of urea groups is 1. The van der Waals surface area contributed by atoms with Crippen LogP contribution >= 0.6 is 0 Å². The minimum Gasteiger partial charge on any atom is -0.383 e. The smallest absolute Gasteiger partial charge is 0.322 e. The number of hydrogen-bond acceptors (Lipinski definition) is 5. The summed E-state index contributed by atoms with van der Waals surface area (Å²) >= 11 is 0. The van der Waals surface area contributed by atoms with Gasteiger partial charge in [0.25, 0.3) is 0 Å². The Morgan fingerprint density at radius 1 is 1.17 bits per heavy atom. The topological polar surface area (TPSA) is 94.6 Å². The number of aromatic nitrogens is 1. The van der Waals surface area contributed by atoms with Crippen molar-refractivity contribution in [3.05, 3.63) is 65.5 Å². The number of nitrogens with one attached hydrogen (secondary N) is 2. The Kier molecular flexibility index (Phi) is 5.40. The van der Waals surface area contributed by atoms with Crippen molar-refractivity contribution >= 4 is 23.1 Å². The summed E-state index contributed by atoms with van der Waals surface area (Å²) in [6.07, 6.45) is 6.13. The summed E-state index contributed by atoms with van der Waals surface area (Å²) in [4.78, 5) is 30.8. The number of rotatable bonds is 4. The molecule has 7 heteroatoms. The second-order valence-corrected chi connectivity index (χ2v) is 8.33. The van der Waals surface area contributed by atoms with E-state index in [1.165, 1.54) is 13.8 Å². The molecule has 2 amide bonds. The molecule has 0 saturated heterocycles. The fourth-order valence-electron chi connectivity index (χ4n) is 3.88. The number of nitrogens with zero attached hydrogens (tertiary/aromatic N) is 2. The lowest BCUT2D eigenvalue weighted by Crippen LogP contribution is -2.48. The number of aliphatic hydroxyl groups is 1. The number of carbonyl (C=O) groups is 2. The molecule has 4 rings (SSSR count). The number of ketones is 1. The highest BCUT2D eigenvalue weighted by Gasteiger charge is 2.33. The minimum atomic E-state index is -1.36. The lowest BCUT2D eigenvalue weighted by Gasteiger charge is -2.28. The van der Waals surface area contributed by atoms with E-state index in [0.717, 1.165) is 28.0 Å². The van der Waals surface area contributed by atoms with Gasteiger partial charge in [-0.25, -0.2) is 4.79 Å². The fourth-order valence-corrected chi connectivity index (χ4v) is 3.88. The fraction of sp³-hybridized carbons (Fsp3) is 0.348. The Morgan fingerprint density at radius 3 is 2.60 bits per heavy atom. The van der Waals surface area contributed by atoms with E-state index in [0.29, 0.717) is 26.1 Å². The van der Waals surface area contributed by atoms with Crippen LogP contribution in [-0.4, -0.2) is 45.0 Å². The van der Waals surface area contributed by atoms with Crippen molar-refractivity contribution in [1.29, 1.82) is 0 Å². The van der Waals surface area contributed by atoms with Crippen LogP contribution in [0.2, 0.25) is 0 Å². The normalized spacial score (nSPS) is 18.6. The standard InChI is InChI=1S/C23H26N4O3/c1-23(2,30)21(28)20-11-16(8-10-25-20)15-3-5-19(6-4-15)26-22(29)27-13-17-7-9-24-12-18(17)14-27/h3-9,12,20,25,30H,10-11,13-14H2,1-2H3,(H,26,29). The summed E-state index contributed by atoms with van der Waals surface area (Å²) in [7, 11) is 0. The van der Waals surface area contributed by atoms with Crippen molar-refractivity contribution in [3.63, 3.8) is 0 Å². The van der Waals surface area contributed by atoms with Crippen LogP contribution in [0.15, 0.2) is 48.8 Å². The first-order chi connectivity index (χ1) is 14.3. The maximum Gasteiger partial charge on any atom is 0.322 e. The van der Waals surface area contributed by atoms with Gasteiger partial charge in [0.05, 0.1) is 6.04 Å². The average Bonchev–Trinajstić information content (AvgIpc) is 3.18. The second kappa shape index (κ2) is 8.01. The lowest BCUT2D eigenvalue weighted by atomic mass is 9.88. The van der Waals surface area contributed by atoms with Gasteiger partial charge in [-0.1, -0.05) is 18.2 Å². The quantitative estimate of drug-likeness (QED) is 0.726. The Bertz CT molecular complexity index is 967. The molecule has 7 nitrogen and oxygen atoms in total. The van der Waals surface area contributed by atoms with E-state index in [1.807, 2.05) is 30.3 Å². The van der Waals surface area contributed by atoms with E-state index in [4.69, 9.17) is 0 Å². The molecule has 0 aliphatic carbocycles. The summed E-state index contributed by atoms with van der Waals surface area (Å²) in [6.45, 7) is 4.75. The van der Waals surface area contributed by atoms with Crippen LogP contribution in [0, 0.1) is 0 Å². The van der Waals surface area contributed by atoms with Crippen LogP contribution in [0.25, 0.3) is 5.57 Å². The van der Waals surface area contributed by atoms with E-state index in [2.05, 4.69) is 21.7 Å². The zero-order valence-corrected chi connectivity index (χ0v) is 17.2. The van der Waals surface area contributed by atoms with Crippen LogP contribution in [0.5, 0.6) is 0 Å². The van der Waals surface area contributed by atoms with E-state index in [9.17, 15) is 14.7 Å². The number of amides is 2. The summed E-state index contributed by atoms with van der Waals surface area (Å²) in [6, 6.07) is 9.02. The van der Waals surface area contributed by atoms with E-state index >= 15 is 0 Å². The molecule has 3 heterocycles. The number of pyridine rings is 1. The largest absolute Gasteiger partial charge is 0.383 e. The van der Waals surface area contributed by atoms with Crippen molar-refractivity contribution in [2.45, 2.75) is 45.0 Å². The van der Waals surface area contributed by atoms with Gasteiger partial charge < -0.3 is 20.6 Å². The van der Waals surface area contributed by atoms with Crippen LogP contribution in [0.1, 0.15) is 37.0 Å². The highest BCUT2D eigenvalue weighted by atomic mass is 16.3. The van der Waals surface area contributed by atoms with Gasteiger partial charge in [-0.3, -0.25) is 9.78 Å². The third-order valence-corrected chi connectivity index (χ3v) is 5.58. The molecule has 156 valence electrons. The van der Waals surface area contributed by atoms with Gasteiger partial charge in [0.1, 0.15) is 5.60 Å². The molecular weight excluding hydrogens is 380 g/mol. The summed E-state index contributed by atoms with van der Waals surface area (Å²) in [5, 5.41) is 16.1. The Hall–Kier alpha value is -3.03. The zero-order chi connectivity index (χ0) is 21.3. The molecule has 2 aromatic rings. The molecule has 0 spiro atoms. The third-order valence-electron chi connectivity index (χ3n) is 5.58. The molecule has 2 aliphatic rings. The number of anilines is 1. The number of hydrogen-bond donors (Lipinski definition) is 3. The monoisotopic (exact) mass is 406 g/mol. The highest BCUT2D eigenvalue weighted by Crippen LogP contribution is 2.27. The molecule has 1 unspecified atom stereocenters. The third kappa shape index (κ3) is 4.27. The lowest BCUT2D eigenvalue weighted by molar-refractivity contribution is -0.136. The van der Waals surface area contributed by atoms with Gasteiger partial charge >= 0.3 is 6.03 Å². The van der Waals surface area contributed by atoms with Gasteiger partial charge in [0, 0.05) is 37.7 Å². The van der Waals surface area contributed by atoms with E-state index in [1.54, 1.807) is 17.3 Å². The molecule has 0 radical (unpaired) electrons.